The summed E-state index contributed by atoms with van der Waals surface area (Å²) in [7, 11) is 3.02. The molecule has 106 valence electrons. The third-order valence-corrected chi connectivity index (χ3v) is 3.09. The molecule has 2 aromatic carbocycles. The Hall–Kier alpha value is -3.00. The summed E-state index contributed by atoms with van der Waals surface area (Å²) >= 11 is 0. The molecule has 0 aromatic heterocycles. The average molecular weight is 283 g/mol. The lowest BCUT2D eigenvalue weighted by Gasteiger charge is -2.12. The van der Waals surface area contributed by atoms with Crippen molar-refractivity contribution in [2.75, 3.05) is 14.2 Å². The first-order valence-electron chi connectivity index (χ1n) is 6.10. The zero-order valence-electron chi connectivity index (χ0n) is 11.6. The lowest BCUT2D eigenvalue weighted by Crippen LogP contribution is -1.96. The molecular weight excluding hydrogens is 270 g/mol. The van der Waals surface area contributed by atoms with Crippen LogP contribution in [0.2, 0.25) is 0 Å². The number of ether oxygens (including phenoxy) is 2. The third-order valence-electron chi connectivity index (χ3n) is 3.09. The van der Waals surface area contributed by atoms with Crippen LogP contribution in [0.15, 0.2) is 36.4 Å². The predicted octanol–water partition coefficient (Wildman–Crippen LogP) is 2.94. The van der Waals surface area contributed by atoms with Crippen molar-refractivity contribution in [1.82, 2.24) is 0 Å². The van der Waals surface area contributed by atoms with Gasteiger partial charge in [0.1, 0.15) is 0 Å². The second-order valence-electron chi connectivity index (χ2n) is 4.25. The second-order valence-corrected chi connectivity index (χ2v) is 4.25. The molecule has 2 aromatic rings. The summed E-state index contributed by atoms with van der Waals surface area (Å²) < 4.78 is 10.4. The van der Waals surface area contributed by atoms with Gasteiger partial charge in [-0.2, -0.15) is 5.26 Å². The number of nitriles is 1. The van der Waals surface area contributed by atoms with Gasteiger partial charge in [-0.3, -0.25) is 0 Å². The Kier molecular flexibility index (Phi) is 4.10. The molecular formula is C16H13NO4. The number of carboxylic acid groups (broad SMARTS) is 1. The topological polar surface area (TPSA) is 79.5 Å². The molecule has 0 amide bonds. The minimum atomic E-state index is -0.991. The Balaban J connectivity index is 2.57. The van der Waals surface area contributed by atoms with E-state index in [-0.39, 0.29) is 5.56 Å². The summed E-state index contributed by atoms with van der Waals surface area (Å²) in [4.78, 5) is 10.9. The predicted molar refractivity (Wildman–Crippen MR) is 76.7 cm³/mol. The molecule has 0 radical (unpaired) electrons. The molecule has 2 rings (SSSR count). The van der Waals surface area contributed by atoms with Crippen molar-refractivity contribution in [3.8, 4) is 28.7 Å². The average Bonchev–Trinajstić information content (AvgIpc) is 2.53. The van der Waals surface area contributed by atoms with Crippen LogP contribution >= 0.6 is 0 Å². The van der Waals surface area contributed by atoms with E-state index in [1.54, 1.807) is 24.3 Å². The van der Waals surface area contributed by atoms with Crippen molar-refractivity contribution in [1.29, 1.82) is 5.26 Å². The molecule has 0 spiro atoms. The molecule has 0 unspecified atom stereocenters. The Morgan fingerprint density at radius 2 is 1.67 bits per heavy atom. The molecule has 0 aliphatic rings. The van der Waals surface area contributed by atoms with Gasteiger partial charge in [0.2, 0.25) is 0 Å². The maximum atomic E-state index is 10.9. The summed E-state index contributed by atoms with van der Waals surface area (Å²) in [5.74, 6) is -0.0110. The summed E-state index contributed by atoms with van der Waals surface area (Å²) in [6.07, 6.45) is 0. The molecule has 0 bridgehead atoms. The summed E-state index contributed by atoms with van der Waals surface area (Å²) in [5, 5.41) is 18.2. The number of carbonyl (C=O) groups is 1. The van der Waals surface area contributed by atoms with Crippen LogP contribution in [0.3, 0.4) is 0 Å². The van der Waals surface area contributed by atoms with Crippen molar-refractivity contribution in [3.05, 3.63) is 47.5 Å². The number of nitrogens with zero attached hydrogens (tertiary/aromatic N) is 1. The molecule has 1 N–H and O–H groups in total. The molecule has 0 heterocycles. The van der Waals surface area contributed by atoms with Gasteiger partial charge < -0.3 is 14.6 Å². The van der Waals surface area contributed by atoms with Gasteiger partial charge >= 0.3 is 5.97 Å². The lowest BCUT2D eigenvalue weighted by atomic mass is 9.98. The zero-order valence-corrected chi connectivity index (χ0v) is 11.6. The first-order valence-corrected chi connectivity index (χ1v) is 6.10. The van der Waals surface area contributed by atoms with E-state index in [4.69, 9.17) is 14.6 Å². The quantitative estimate of drug-likeness (QED) is 0.933. The molecule has 0 aliphatic heterocycles. The fourth-order valence-corrected chi connectivity index (χ4v) is 2.00. The van der Waals surface area contributed by atoms with Crippen LogP contribution in [0.4, 0.5) is 0 Å². The maximum Gasteiger partial charge on any atom is 0.335 e. The number of aromatic carboxylic acids is 1. The van der Waals surface area contributed by atoms with Gasteiger partial charge in [0.15, 0.2) is 11.5 Å². The van der Waals surface area contributed by atoms with Crippen molar-refractivity contribution < 1.29 is 19.4 Å². The minimum Gasteiger partial charge on any atom is -0.493 e. The number of benzene rings is 2. The van der Waals surface area contributed by atoms with Crippen molar-refractivity contribution in [2.45, 2.75) is 0 Å². The first-order chi connectivity index (χ1) is 10.1. The Bertz CT molecular complexity index is 714. The fourth-order valence-electron chi connectivity index (χ4n) is 2.00. The molecule has 5 nitrogen and oxygen atoms in total. The van der Waals surface area contributed by atoms with Gasteiger partial charge in [-0.25, -0.2) is 4.79 Å². The highest BCUT2D eigenvalue weighted by molar-refractivity contribution is 5.88. The summed E-state index contributed by atoms with van der Waals surface area (Å²) in [6, 6.07) is 11.7. The van der Waals surface area contributed by atoms with E-state index in [0.717, 1.165) is 5.56 Å². The Morgan fingerprint density at radius 3 is 2.14 bits per heavy atom. The number of rotatable bonds is 4. The normalized spacial score (nSPS) is 9.76. The smallest absolute Gasteiger partial charge is 0.335 e. The Morgan fingerprint density at radius 1 is 1.10 bits per heavy atom. The number of hydrogen-bond donors (Lipinski definition) is 1. The van der Waals surface area contributed by atoms with Crippen molar-refractivity contribution >= 4 is 5.97 Å². The van der Waals surface area contributed by atoms with Gasteiger partial charge in [0, 0.05) is 11.6 Å². The minimum absolute atomic E-state index is 0.192. The van der Waals surface area contributed by atoms with Gasteiger partial charge in [0.25, 0.3) is 0 Å². The highest BCUT2D eigenvalue weighted by Crippen LogP contribution is 2.35. The number of hydrogen-bond acceptors (Lipinski definition) is 4. The van der Waals surface area contributed by atoms with E-state index in [0.29, 0.717) is 22.6 Å². The molecule has 0 fully saturated rings. The van der Waals surface area contributed by atoms with E-state index < -0.39 is 5.97 Å². The first kappa shape index (κ1) is 14.4. The van der Waals surface area contributed by atoms with Crippen LogP contribution in [-0.4, -0.2) is 25.3 Å². The van der Waals surface area contributed by atoms with Crippen LogP contribution in [0, 0.1) is 11.3 Å². The van der Waals surface area contributed by atoms with Crippen LogP contribution in [-0.2, 0) is 0 Å². The third kappa shape index (κ3) is 2.79. The fraction of sp³-hybridized carbons (Fsp3) is 0.125. The van der Waals surface area contributed by atoms with E-state index >= 15 is 0 Å². The van der Waals surface area contributed by atoms with E-state index in [1.165, 1.54) is 26.4 Å². The second kappa shape index (κ2) is 5.97. The highest BCUT2D eigenvalue weighted by atomic mass is 16.5. The number of methoxy groups -OCH3 is 2. The van der Waals surface area contributed by atoms with Crippen LogP contribution in [0.5, 0.6) is 11.5 Å². The van der Waals surface area contributed by atoms with Crippen LogP contribution in [0.1, 0.15) is 15.9 Å². The van der Waals surface area contributed by atoms with Gasteiger partial charge in [0.05, 0.1) is 31.4 Å². The molecule has 0 saturated heterocycles. The SMILES string of the molecule is COc1cc(C#N)c(-c2ccc(C(=O)O)cc2)cc1OC. The Labute approximate surface area is 122 Å². The van der Waals surface area contributed by atoms with Gasteiger partial charge in [-0.15, -0.1) is 0 Å². The van der Waals surface area contributed by atoms with E-state index in [2.05, 4.69) is 6.07 Å². The van der Waals surface area contributed by atoms with Gasteiger partial charge in [-0.1, -0.05) is 12.1 Å². The molecule has 21 heavy (non-hydrogen) atoms. The molecule has 0 saturated carbocycles. The molecule has 0 atom stereocenters. The summed E-state index contributed by atoms with van der Waals surface area (Å²) in [6.45, 7) is 0. The standard InChI is InChI=1S/C16H13NO4/c1-20-14-7-12(9-17)13(8-15(14)21-2)10-3-5-11(6-4-10)16(18)19/h3-8H,1-2H3,(H,18,19). The van der Waals surface area contributed by atoms with Crippen LogP contribution in [0.25, 0.3) is 11.1 Å². The largest absolute Gasteiger partial charge is 0.493 e. The van der Waals surface area contributed by atoms with Crippen molar-refractivity contribution in [3.63, 3.8) is 0 Å². The highest BCUT2D eigenvalue weighted by Gasteiger charge is 2.13. The van der Waals surface area contributed by atoms with Crippen LogP contribution < -0.4 is 9.47 Å². The maximum absolute atomic E-state index is 10.9. The molecule has 5 heteroatoms. The number of carboxylic acids is 1. The molecule has 0 aliphatic carbocycles. The van der Waals surface area contributed by atoms with E-state index in [1.807, 2.05) is 0 Å². The summed E-state index contributed by atoms with van der Waals surface area (Å²) in [5.41, 5.74) is 2.01. The van der Waals surface area contributed by atoms with E-state index in [9.17, 15) is 10.1 Å². The lowest BCUT2D eigenvalue weighted by molar-refractivity contribution is 0.0697. The van der Waals surface area contributed by atoms with Crippen molar-refractivity contribution in [2.24, 2.45) is 0 Å². The zero-order chi connectivity index (χ0) is 15.4. The monoisotopic (exact) mass is 283 g/mol. The van der Waals surface area contributed by atoms with Gasteiger partial charge in [-0.05, 0) is 23.8 Å².